The Morgan fingerprint density at radius 1 is 1.05 bits per heavy atom. The van der Waals surface area contributed by atoms with Crippen LogP contribution >= 0.6 is 0 Å². The van der Waals surface area contributed by atoms with Gasteiger partial charge in [-0.15, -0.1) is 0 Å². The fourth-order valence-corrected chi connectivity index (χ4v) is 2.09. The van der Waals surface area contributed by atoms with Crippen LogP contribution in [0.2, 0.25) is 0 Å². The molecule has 110 valence electrons. The minimum Gasteiger partial charge on any atom is -0.496 e. The van der Waals surface area contributed by atoms with Gasteiger partial charge in [0.25, 0.3) is 5.91 Å². The van der Waals surface area contributed by atoms with E-state index < -0.39 is 0 Å². The fourth-order valence-electron chi connectivity index (χ4n) is 2.09. The number of amides is 1. The van der Waals surface area contributed by atoms with Gasteiger partial charge in [0, 0.05) is 18.7 Å². The first-order chi connectivity index (χ1) is 9.71. The summed E-state index contributed by atoms with van der Waals surface area (Å²) in [5, 5.41) is 1.37. The number of nitrogens with zero attached hydrogens (tertiary/aromatic N) is 1. The predicted molar refractivity (Wildman–Crippen MR) is 72.3 cm³/mol. The van der Waals surface area contributed by atoms with Crippen LogP contribution in [0.25, 0.3) is 0 Å². The highest BCUT2D eigenvalue weighted by Crippen LogP contribution is 2.35. The maximum Gasteiger partial charge on any atom is 0.281 e. The van der Waals surface area contributed by atoms with E-state index in [0.29, 0.717) is 36.0 Å². The van der Waals surface area contributed by atoms with Gasteiger partial charge < -0.3 is 14.2 Å². The van der Waals surface area contributed by atoms with Crippen LogP contribution < -0.4 is 14.2 Å². The average Bonchev–Trinajstić information content (AvgIpc) is 2.53. The number of hydrogen-bond donors (Lipinski definition) is 0. The number of ether oxygens (including phenoxy) is 3. The molecule has 0 spiro atoms. The molecule has 0 radical (unpaired) electrons. The fraction of sp³-hybridized carbons (Fsp3) is 0.500. The third-order valence-electron chi connectivity index (χ3n) is 3.17. The SMILES string of the molecule is COc1cc(OC)c(C(=O)N2CCCCO2)cc1OC. The molecule has 6 heteroatoms. The van der Waals surface area contributed by atoms with Crippen LogP contribution in [0.15, 0.2) is 12.1 Å². The summed E-state index contributed by atoms with van der Waals surface area (Å²) in [5.74, 6) is 1.19. The van der Waals surface area contributed by atoms with Crippen molar-refractivity contribution in [1.82, 2.24) is 5.06 Å². The summed E-state index contributed by atoms with van der Waals surface area (Å²) in [4.78, 5) is 17.9. The van der Waals surface area contributed by atoms with Gasteiger partial charge in [-0.3, -0.25) is 9.63 Å². The highest BCUT2D eigenvalue weighted by atomic mass is 16.7. The molecule has 2 rings (SSSR count). The first-order valence-electron chi connectivity index (χ1n) is 6.46. The van der Waals surface area contributed by atoms with Crippen molar-refractivity contribution in [3.63, 3.8) is 0 Å². The summed E-state index contributed by atoms with van der Waals surface area (Å²) >= 11 is 0. The van der Waals surface area contributed by atoms with E-state index in [9.17, 15) is 4.79 Å². The van der Waals surface area contributed by atoms with Crippen molar-refractivity contribution < 1.29 is 23.8 Å². The van der Waals surface area contributed by atoms with E-state index in [1.54, 1.807) is 12.1 Å². The number of hydroxylamine groups is 2. The van der Waals surface area contributed by atoms with Crippen LogP contribution in [0, 0.1) is 0 Å². The van der Waals surface area contributed by atoms with E-state index >= 15 is 0 Å². The standard InChI is InChI=1S/C14H19NO5/c1-17-11-9-13(19-3)12(18-2)8-10(11)14(16)15-6-4-5-7-20-15/h8-9H,4-7H2,1-3H3. The second-order valence-corrected chi connectivity index (χ2v) is 4.36. The van der Waals surface area contributed by atoms with Gasteiger partial charge in [0.15, 0.2) is 11.5 Å². The topological polar surface area (TPSA) is 57.2 Å². The van der Waals surface area contributed by atoms with Crippen molar-refractivity contribution in [2.75, 3.05) is 34.5 Å². The van der Waals surface area contributed by atoms with Crippen molar-refractivity contribution in [3.8, 4) is 17.2 Å². The lowest BCUT2D eigenvalue weighted by atomic mass is 10.1. The van der Waals surface area contributed by atoms with Gasteiger partial charge in [0.1, 0.15) is 5.75 Å². The molecule has 1 heterocycles. The lowest BCUT2D eigenvalue weighted by molar-refractivity contribution is -0.144. The second kappa shape index (κ2) is 6.47. The number of rotatable bonds is 4. The van der Waals surface area contributed by atoms with Crippen LogP contribution in [-0.2, 0) is 4.84 Å². The van der Waals surface area contributed by atoms with Gasteiger partial charge >= 0.3 is 0 Å². The summed E-state index contributed by atoms with van der Waals surface area (Å²) in [6.45, 7) is 1.14. The summed E-state index contributed by atoms with van der Waals surface area (Å²) in [5.41, 5.74) is 0.395. The summed E-state index contributed by atoms with van der Waals surface area (Å²) < 4.78 is 15.7. The van der Waals surface area contributed by atoms with E-state index in [4.69, 9.17) is 19.0 Å². The lowest BCUT2D eigenvalue weighted by Crippen LogP contribution is -2.35. The highest BCUT2D eigenvalue weighted by molar-refractivity contribution is 5.97. The number of carbonyl (C=O) groups is 1. The Bertz CT molecular complexity index is 483. The monoisotopic (exact) mass is 281 g/mol. The number of methoxy groups -OCH3 is 3. The Morgan fingerprint density at radius 2 is 1.70 bits per heavy atom. The quantitative estimate of drug-likeness (QED) is 0.843. The molecular formula is C14H19NO5. The molecular weight excluding hydrogens is 262 g/mol. The van der Waals surface area contributed by atoms with Crippen LogP contribution in [0.4, 0.5) is 0 Å². The molecule has 0 saturated carbocycles. The zero-order chi connectivity index (χ0) is 14.5. The van der Waals surface area contributed by atoms with Crippen LogP contribution in [0.5, 0.6) is 17.2 Å². The molecule has 0 atom stereocenters. The summed E-state index contributed by atoms with van der Waals surface area (Å²) in [7, 11) is 4.57. The van der Waals surface area contributed by atoms with Gasteiger partial charge in [-0.2, -0.15) is 0 Å². The normalized spacial score (nSPS) is 14.8. The summed E-state index contributed by atoms with van der Waals surface area (Å²) in [6.07, 6.45) is 1.90. The van der Waals surface area contributed by atoms with Crippen LogP contribution in [0.1, 0.15) is 23.2 Å². The molecule has 0 bridgehead atoms. The van der Waals surface area contributed by atoms with Crippen molar-refractivity contribution in [3.05, 3.63) is 17.7 Å². The van der Waals surface area contributed by atoms with E-state index in [1.165, 1.54) is 26.4 Å². The van der Waals surface area contributed by atoms with Gasteiger partial charge in [-0.05, 0) is 12.8 Å². The molecule has 1 amide bonds. The molecule has 1 aliphatic rings. The number of carbonyl (C=O) groups excluding carboxylic acids is 1. The third kappa shape index (κ3) is 2.80. The molecule has 1 aromatic carbocycles. The average molecular weight is 281 g/mol. The maximum absolute atomic E-state index is 12.5. The molecule has 0 N–H and O–H groups in total. The maximum atomic E-state index is 12.5. The van der Waals surface area contributed by atoms with Crippen molar-refractivity contribution >= 4 is 5.91 Å². The van der Waals surface area contributed by atoms with Gasteiger partial charge in [-0.25, -0.2) is 5.06 Å². The minimum absolute atomic E-state index is 0.234. The first kappa shape index (κ1) is 14.5. The van der Waals surface area contributed by atoms with Crippen molar-refractivity contribution in [2.24, 2.45) is 0 Å². The van der Waals surface area contributed by atoms with E-state index in [-0.39, 0.29) is 5.91 Å². The smallest absolute Gasteiger partial charge is 0.281 e. The second-order valence-electron chi connectivity index (χ2n) is 4.36. The largest absolute Gasteiger partial charge is 0.496 e. The summed E-state index contributed by atoms with van der Waals surface area (Å²) in [6, 6.07) is 3.24. The van der Waals surface area contributed by atoms with Gasteiger partial charge in [-0.1, -0.05) is 0 Å². The zero-order valence-corrected chi connectivity index (χ0v) is 12.0. The van der Waals surface area contributed by atoms with Crippen molar-refractivity contribution in [2.45, 2.75) is 12.8 Å². The first-order valence-corrected chi connectivity index (χ1v) is 6.46. The molecule has 20 heavy (non-hydrogen) atoms. The number of benzene rings is 1. The molecule has 0 aliphatic carbocycles. The van der Waals surface area contributed by atoms with E-state index in [1.807, 2.05) is 0 Å². The van der Waals surface area contributed by atoms with Crippen molar-refractivity contribution in [1.29, 1.82) is 0 Å². The Kier molecular flexibility index (Phi) is 4.68. The van der Waals surface area contributed by atoms with E-state index in [2.05, 4.69) is 0 Å². The molecule has 6 nitrogen and oxygen atoms in total. The van der Waals surface area contributed by atoms with Gasteiger partial charge in [0.2, 0.25) is 0 Å². The van der Waals surface area contributed by atoms with Crippen LogP contribution in [0.3, 0.4) is 0 Å². The van der Waals surface area contributed by atoms with Gasteiger partial charge in [0.05, 0.1) is 33.5 Å². The molecule has 1 aliphatic heterocycles. The Balaban J connectivity index is 2.35. The predicted octanol–water partition coefficient (Wildman–Crippen LogP) is 1.88. The Labute approximate surface area is 118 Å². The molecule has 1 fully saturated rings. The number of hydrogen-bond acceptors (Lipinski definition) is 5. The minimum atomic E-state index is -0.234. The molecule has 1 saturated heterocycles. The molecule has 0 unspecified atom stereocenters. The Morgan fingerprint density at radius 3 is 2.25 bits per heavy atom. The van der Waals surface area contributed by atoms with Crippen LogP contribution in [-0.4, -0.2) is 45.5 Å². The third-order valence-corrected chi connectivity index (χ3v) is 3.17. The Hall–Kier alpha value is -1.95. The molecule has 0 aromatic heterocycles. The molecule has 1 aromatic rings. The highest BCUT2D eigenvalue weighted by Gasteiger charge is 2.24. The zero-order valence-electron chi connectivity index (χ0n) is 12.0. The lowest BCUT2D eigenvalue weighted by Gasteiger charge is -2.26. The van der Waals surface area contributed by atoms with E-state index in [0.717, 1.165) is 12.8 Å².